The molecule has 0 aromatic heterocycles. The van der Waals surface area contributed by atoms with Gasteiger partial charge in [0.05, 0.1) is 5.92 Å². The van der Waals surface area contributed by atoms with Crippen LogP contribution in [0.15, 0.2) is 97.1 Å². The number of aliphatic hydroxyl groups excluding tert-OH is 1. The molecule has 4 nitrogen and oxygen atoms in total. The molecule has 4 aliphatic carbocycles. The first-order chi connectivity index (χ1) is 24.4. The Morgan fingerprint density at radius 3 is 2.40 bits per heavy atom. The zero-order chi connectivity index (χ0) is 34.5. The van der Waals surface area contributed by atoms with E-state index in [2.05, 4.69) is 72.8 Å². The van der Waals surface area contributed by atoms with E-state index in [1.807, 2.05) is 30.3 Å². The van der Waals surface area contributed by atoms with Gasteiger partial charge in [0.25, 0.3) is 0 Å². The van der Waals surface area contributed by atoms with Crippen LogP contribution < -0.4 is 10.4 Å². The first kappa shape index (κ1) is 34.4. The number of aliphatic hydroxyl groups is 1. The van der Waals surface area contributed by atoms with Gasteiger partial charge in [-0.3, -0.25) is 4.79 Å². The van der Waals surface area contributed by atoms with Gasteiger partial charge in [-0.15, -0.1) is 0 Å². The molecule has 3 aromatic rings. The second-order valence-electron chi connectivity index (χ2n) is 15.8. The second kappa shape index (κ2) is 15.5. The highest BCUT2D eigenvalue weighted by Gasteiger charge is 2.50. The van der Waals surface area contributed by atoms with Crippen LogP contribution in [-0.4, -0.2) is 21.3 Å². The van der Waals surface area contributed by atoms with E-state index in [9.17, 15) is 20.1 Å². The molecule has 4 heteroatoms. The maximum atomic E-state index is 13.3. The Labute approximate surface area is 298 Å². The summed E-state index contributed by atoms with van der Waals surface area (Å²) in [4.78, 5) is 13.3. The molecule has 7 rings (SSSR count). The number of carbonyl (C=O) groups is 1. The van der Waals surface area contributed by atoms with E-state index in [-0.39, 0.29) is 23.5 Å². The van der Waals surface area contributed by atoms with Gasteiger partial charge in [0, 0.05) is 16.6 Å². The van der Waals surface area contributed by atoms with Gasteiger partial charge in [0.15, 0.2) is 0 Å². The van der Waals surface area contributed by atoms with Gasteiger partial charge < -0.3 is 15.3 Å². The number of allylic oxidation sites excluding steroid dienone is 4. The van der Waals surface area contributed by atoms with E-state index < -0.39 is 17.3 Å². The molecule has 1 spiro atoms. The van der Waals surface area contributed by atoms with Crippen LogP contribution in [0.3, 0.4) is 0 Å². The standard InChI is InChI=1S/C46H54O4/c47-39-24-22-35(23-25-39)41-29-33-15-11-19-38(28-33)46(27-26-37-30-36-18-7-9-20-40(36)44(48)42(37)31-46)43(45(49)50)21-10-8-17-34(41)16-4-2-1-3-12-32-13-5-6-14-32/h5,7-11,13,15,18-20,22-25,28,30,32,34,37,41-43,47-48H,1-4,6,12,14,16-17,21,26-27,29,31H2,(H,49,50)/t32-,34-,37+,41+,42-,43+,46-/m0/s1. The molecule has 1 saturated carbocycles. The first-order valence-electron chi connectivity index (χ1n) is 19.3. The maximum Gasteiger partial charge on any atom is 0.307 e. The van der Waals surface area contributed by atoms with Crippen LogP contribution in [0, 0.1) is 29.6 Å². The zero-order valence-electron chi connectivity index (χ0n) is 29.4. The maximum absolute atomic E-state index is 13.3. The molecule has 2 bridgehead atoms. The van der Waals surface area contributed by atoms with Gasteiger partial charge >= 0.3 is 5.97 Å². The Balaban J connectivity index is 1.19. The van der Waals surface area contributed by atoms with Gasteiger partial charge in [-0.05, 0) is 122 Å². The van der Waals surface area contributed by atoms with Gasteiger partial charge in [0.1, 0.15) is 11.5 Å². The number of rotatable bonds is 9. The third-order valence-electron chi connectivity index (χ3n) is 12.8. The van der Waals surface area contributed by atoms with Crippen LogP contribution in [0.5, 0.6) is 5.75 Å². The van der Waals surface area contributed by atoms with Gasteiger partial charge in [-0.25, -0.2) is 0 Å². The molecule has 3 N–H and O–H groups in total. The van der Waals surface area contributed by atoms with Crippen LogP contribution in [0.1, 0.15) is 106 Å². The predicted molar refractivity (Wildman–Crippen MR) is 202 cm³/mol. The number of carboxylic acids is 1. The van der Waals surface area contributed by atoms with Gasteiger partial charge in [-0.2, -0.15) is 0 Å². The Morgan fingerprint density at radius 2 is 1.60 bits per heavy atom. The number of hydrogen-bond acceptors (Lipinski definition) is 3. The first-order valence-corrected chi connectivity index (χ1v) is 19.3. The fourth-order valence-corrected chi connectivity index (χ4v) is 10.0. The lowest BCUT2D eigenvalue weighted by atomic mass is 9.55. The van der Waals surface area contributed by atoms with Crippen molar-refractivity contribution in [3.8, 4) is 5.75 Å². The Kier molecular flexibility index (Phi) is 10.6. The van der Waals surface area contributed by atoms with Crippen molar-refractivity contribution in [2.45, 2.75) is 101 Å². The minimum atomic E-state index is -0.748. The summed E-state index contributed by atoms with van der Waals surface area (Å²) in [5.41, 5.74) is 2.99. The summed E-state index contributed by atoms with van der Waals surface area (Å²) in [6, 6.07) is 24.7. The number of phenols is 1. The van der Waals surface area contributed by atoms with E-state index in [1.54, 1.807) is 0 Å². The van der Waals surface area contributed by atoms with Crippen molar-refractivity contribution in [3.63, 3.8) is 0 Å². The van der Waals surface area contributed by atoms with Crippen LogP contribution in [-0.2, 0) is 16.6 Å². The second-order valence-corrected chi connectivity index (χ2v) is 15.8. The highest BCUT2D eigenvalue weighted by atomic mass is 16.4. The van der Waals surface area contributed by atoms with Crippen molar-refractivity contribution in [1.29, 1.82) is 0 Å². The van der Waals surface area contributed by atoms with Crippen LogP contribution in [0.25, 0.3) is 11.8 Å². The molecule has 7 atom stereocenters. The zero-order valence-corrected chi connectivity index (χ0v) is 29.4. The molecule has 0 saturated heterocycles. The summed E-state index contributed by atoms with van der Waals surface area (Å²) in [7, 11) is 0. The average Bonchev–Trinajstić information content (AvgIpc) is 3.65. The Hall–Kier alpha value is -4.05. The van der Waals surface area contributed by atoms with E-state index in [0.29, 0.717) is 24.5 Å². The SMILES string of the molecule is O=C(O)[C@H]1CC=CC[C@H](CCCCCC[C@H]2C=CCC2)[C@H](c2ccc(O)cc2)Cc2cccc(c2)[C@@]12CC[C@@H]1C=c3ccccc3=C(O)[C@H]1C2. The van der Waals surface area contributed by atoms with E-state index in [4.69, 9.17) is 0 Å². The highest BCUT2D eigenvalue weighted by Crippen LogP contribution is 2.53. The molecule has 0 unspecified atom stereocenters. The molecule has 1 fully saturated rings. The third-order valence-corrected chi connectivity index (χ3v) is 12.8. The number of aliphatic carboxylic acids is 1. The molecule has 3 aromatic carbocycles. The van der Waals surface area contributed by atoms with E-state index >= 15 is 0 Å². The summed E-state index contributed by atoms with van der Waals surface area (Å²) in [6.45, 7) is 0. The van der Waals surface area contributed by atoms with Crippen molar-refractivity contribution in [2.24, 2.45) is 29.6 Å². The van der Waals surface area contributed by atoms with Gasteiger partial charge in [-0.1, -0.05) is 117 Å². The largest absolute Gasteiger partial charge is 0.511 e. The van der Waals surface area contributed by atoms with Gasteiger partial charge in [0.2, 0.25) is 0 Å². The third kappa shape index (κ3) is 7.36. The molecule has 0 heterocycles. The van der Waals surface area contributed by atoms with Crippen LogP contribution in [0.4, 0.5) is 0 Å². The van der Waals surface area contributed by atoms with Crippen molar-refractivity contribution < 1.29 is 20.1 Å². The van der Waals surface area contributed by atoms with Crippen LogP contribution >= 0.6 is 0 Å². The summed E-state index contributed by atoms with van der Waals surface area (Å²) in [5, 5.41) is 34.7. The number of hydrogen-bond donors (Lipinski definition) is 3. The lowest BCUT2D eigenvalue weighted by Gasteiger charge is -2.48. The topological polar surface area (TPSA) is 77.8 Å². The lowest BCUT2D eigenvalue weighted by molar-refractivity contribution is -0.145. The highest BCUT2D eigenvalue weighted by molar-refractivity contribution is 5.73. The molecule has 0 radical (unpaired) electrons. The molecule has 0 amide bonds. The number of carboxylic acid groups (broad SMARTS) is 1. The monoisotopic (exact) mass is 670 g/mol. The van der Waals surface area contributed by atoms with Crippen molar-refractivity contribution in [2.75, 3.05) is 0 Å². The summed E-state index contributed by atoms with van der Waals surface area (Å²) in [5.74, 6) is 0.941. The number of benzene rings is 3. The van der Waals surface area contributed by atoms with Crippen LogP contribution in [0.2, 0.25) is 0 Å². The summed E-state index contributed by atoms with van der Waals surface area (Å²) in [6.07, 6.45) is 26.0. The fraction of sp³-hybridized carbons (Fsp3) is 0.457. The smallest absolute Gasteiger partial charge is 0.307 e. The molecular formula is C46H54O4. The predicted octanol–water partition coefficient (Wildman–Crippen LogP) is 9.51. The quantitative estimate of drug-likeness (QED) is 0.157. The van der Waals surface area contributed by atoms with Crippen molar-refractivity contribution in [1.82, 2.24) is 0 Å². The number of aromatic hydroxyl groups is 1. The Bertz CT molecular complexity index is 1820. The summed E-state index contributed by atoms with van der Waals surface area (Å²) >= 11 is 0. The fourth-order valence-electron chi connectivity index (χ4n) is 10.0. The number of fused-ring (bicyclic) bond motifs is 5. The van der Waals surface area contributed by atoms with Crippen molar-refractivity contribution in [3.05, 3.63) is 124 Å². The molecule has 50 heavy (non-hydrogen) atoms. The minimum absolute atomic E-state index is 0.107. The number of phenolic OH excluding ortho intramolecular Hbond substituents is 1. The molecule has 0 aliphatic heterocycles. The molecule has 4 aliphatic rings. The van der Waals surface area contributed by atoms with E-state index in [0.717, 1.165) is 54.0 Å². The minimum Gasteiger partial charge on any atom is -0.511 e. The molecule has 262 valence electrons. The molecular weight excluding hydrogens is 617 g/mol. The number of unbranched alkanes of at least 4 members (excludes halogenated alkanes) is 3. The average molecular weight is 671 g/mol. The Morgan fingerprint density at radius 1 is 0.800 bits per heavy atom. The lowest BCUT2D eigenvalue weighted by Crippen LogP contribution is -2.48. The van der Waals surface area contributed by atoms with Crippen molar-refractivity contribution >= 4 is 17.8 Å². The normalized spacial score (nSPS) is 29.0. The van der Waals surface area contributed by atoms with E-state index in [1.165, 1.54) is 56.1 Å². The summed E-state index contributed by atoms with van der Waals surface area (Å²) < 4.78 is 0.